The van der Waals surface area contributed by atoms with E-state index in [4.69, 9.17) is 4.42 Å². The number of aromatic nitrogens is 1. The summed E-state index contributed by atoms with van der Waals surface area (Å²) < 4.78 is 8.88. The van der Waals surface area contributed by atoms with E-state index in [9.17, 15) is 0 Å². The van der Waals surface area contributed by atoms with Gasteiger partial charge in [0.2, 0.25) is 0 Å². The van der Waals surface area contributed by atoms with Crippen molar-refractivity contribution in [3.05, 3.63) is 194 Å². The van der Waals surface area contributed by atoms with Gasteiger partial charge in [-0.2, -0.15) is 0 Å². The number of benzene rings is 8. The quantitative estimate of drug-likeness (QED) is 0.178. The largest absolute Gasteiger partial charge is 0.456 e. The van der Waals surface area contributed by atoms with Crippen molar-refractivity contribution < 1.29 is 4.42 Å². The normalized spacial score (nSPS) is 11.5. The molecule has 10 rings (SSSR count). The molecule has 0 amide bonds. The third kappa shape index (κ3) is 4.82. The summed E-state index contributed by atoms with van der Waals surface area (Å²) in [5.74, 6) is 0. The third-order valence-electron chi connectivity index (χ3n) is 9.98. The Labute approximate surface area is 295 Å². The van der Waals surface area contributed by atoms with Gasteiger partial charge in [-0.05, 0) is 76.9 Å². The Kier molecular flexibility index (Phi) is 6.81. The Hall–Kier alpha value is -6.84. The first-order chi connectivity index (χ1) is 25.3. The third-order valence-corrected chi connectivity index (χ3v) is 9.98. The first-order valence-electron chi connectivity index (χ1n) is 17.4. The SMILES string of the molecule is c1ccc(-c2ccc(N(c3ccc4c(c3)oc3ccccc34)c3cccc4c5c(-c6ccccc6)cccc5n(-c5ccccc5)c34)cc2)cc1. The molecule has 0 radical (unpaired) electrons. The molecule has 0 fully saturated rings. The standard InChI is InChI=1S/C48H32N2O/c1-4-14-33(15-5-1)34-26-28-37(29-27-34)49(38-30-31-41-40-20-10-11-25-45(40)51-46(41)32-38)44-24-13-22-42-47-39(35-16-6-2-7-17-35)21-12-23-43(47)50(48(42)44)36-18-8-3-9-19-36/h1-32H. The lowest BCUT2D eigenvalue weighted by Gasteiger charge is -2.27. The van der Waals surface area contributed by atoms with Crippen LogP contribution >= 0.6 is 0 Å². The number of para-hydroxylation sites is 3. The fourth-order valence-electron chi connectivity index (χ4n) is 7.70. The van der Waals surface area contributed by atoms with Crippen LogP contribution in [0.25, 0.3) is 71.7 Å². The van der Waals surface area contributed by atoms with Crippen LogP contribution in [0.5, 0.6) is 0 Å². The van der Waals surface area contributed by atoms with Crippen molar-refractivity contribution >= 4 is 60.8 Å². The maximum Gasteiger partial charge on any atom is 0.137 e. The van der Waals surface area contributed by atoms with Crippen LogP contribution < -0.4 is 4.90 Å². The molecule has 0 saturated heterocycles. The zero-order valence-corrected chi connectivity index (χ0v) is 27.8. The first-order valence-corrected chi connectivity index (χ1v) is 17.4. The second kappa shape index (κ2) is 11.9. The molecule has 0 aliphatic rings. The molecule has 2 heterocycles. The Morgan fingerprint density at radius 3 is 1.80 bits per heavy atom. The highest BCUT2D eigenvalue weighted by atomic mass is 16.3. The van der Waals surface area contributed by atoms with Gasteiger partial charge >= 0.3 is 0 Å². The summed E-state index contributed by atoms with van der Waals surface area (Å²) in [4.78, 5) is 2.38. The molecule has 3 heteroatoms. The second-order valence-electron chi connectivity index (χ2n) is 12.9. The molecular weight excluding hydrogens is 621 g/mol. The van der Waals surface area contributed by atoms with Crippen LogP contribution in [0.3, 0.4) is 0 Å². The predicted octanol–water partition coefficient (Wildman–Crippen LogP) is 13.5. The molecule has 0 bridgehead atoms. The van der Waals surface area contributed by atoms with Crippen molar-refractivity contribution in [2.45, 2.75) is 0 Å². The van der Waals surface area contributed by atoms with E-state index in [1.807, 2.05) is 12.1 Å². The van der Waals surface area contributed by atoms with Gasteiger partial charge < -0.3 is 13.9 Å². The number of rotatable bonds is 6. The Morgan fingerprint density at radius 1 is 0.412 bits per heavy atom. The minimum absolute atomic E-state index is 0.863. The number of hydrogen-bond acceptors (Lipinski definition) is 2. The summed E-state index contributed by atoms with van der Waals surface area (Å²) in [5, 5.41) is 4.66. The topological polar surface area (TPSA) is 21.3 Å². The van der Waals surface area contributed by atoms with Crippen molar-refractivity contribution in [2.24, 2.45) is 0 Å². The summed E-state index contributed by atoms with van der Waals surface area (Å²) in [5.41, 5.74) is 13.1. The lowest BCUT2D eigenvalue weighted by Crippen LogP contribution is -2.11. The number of hydrogen-bond donors (Lipinski definition) is 0. The molecule has 0 spiro atoms. The van der Waals surface area contributed by atoms with Crippen molar-refractivity contribution in [1.82, 2.24) is 4.57 Å². The number of nitrogens with zero attached hydrogens (tertiary/aromatic N) is 2. The molecule has 0 saturated carbocycles. The smallest absolute Gasteiger partial charge is 0.137 e. The van der Waals surface area contributed by atoms with Gasteiger partial charge in [0.1, 0.15) is 11.2 Å². The van der Waals surface area contributed by atoms with Crippen LogP contribution in [0.2, 0.25) is 0 Å². The van der Waals surface area contributed by atoms with Gasteiger partial charge in [-0.3, -0.25) is 0 Å². The van der Waals surface area contributed by atoms with Crippen molar-refractivity contribution in [3.63, 3.8) is 0 Å². The van der Waals surface area contributed by atoms with E-state index in [2.05, 4.69) is 191 Å². The average molecular weight is 653 g/mol. The van der Waals surface area contributed by atoms with Crippen LogP contribution in [-0.2, 0) is 0 Å². The number of fused-ring (bicyclic) bond motifs is 6. The molecule has 240 valence electrons. The molecule has 10 aromatic rings. The Balaban J connectivity index is 1.28. The molecule has 0 aliphatic carbocycles. The van der Waals surface area contributed by atoms with Crippen LogP contribution in [0, 0.1) is 0 Å². The van der Waals surface area contributed by atoms with Gasteiger partial charge in [-0.25, -0.2) is 0 Å². The summed E-state index contributed by atoms with van der Waals surface area (Å²) in [6, 6.07) is 69.1. The molecule has 3 nitrogen and oxygen atoms in total. The highest BCUT2D eigenvalue weighted by Gasteiger charge is 2.23. The van der Waals surface area contributed by atoms with Gasteiger partial charge in [0.15, 0.2) is 0 Å². The molecule has 0 aliphatic heterocycles. The summed E-state index contributed by atoms with van der Waals surface area (Å²) in [7, 11) is 0. The fourth-order valence-corrected chi connectivity index (χ4v) is 7.70. The molecule has 0 atom stereocenters. The summed E-state index contributed by atoms with van der Waals surface area (Å²) in [6.07, 6.45) is 0. The van der Waals surface area contributed by atoms with Crippen LogP contribution in [-0.4, -0.2) is 4.57 Å². The average Bonchev–Trinajstić information content (AvgIpc) is 3.75. The zero-order chi connectivity index (χ0) is 33.7. The van der Waals surface area contributed by atoms with Gasteiger partial charge in [0.05, 0.1) is 16.7 Å². The Morgan fingerprint density at radius 2 is 1.02 bits per heavy atom. The number of furan rings is 1. The molecule has 51 heavy (non-hydrogen) atoms. The van der Waals surface area contributed by atoms with Gasteiger partial charge in [-0.15, -0.1) is 0 Å². The highest BCUT2D eigenvalue weighted by Crippen LogP contribution is 2.46. The van der Waals surface area contributed by atoms with Crippen molar-refractivity contribution in [3.8, 4) is 27.9 Å². The van der Waals surface area contributed by atoms with Crippen molar-refractivity contribution in [1.29, 1.82) is 0 Å². The maximum absolute atomic E-state index is 6.45. The van der Waals surface area contributed by atoms with Crippen molar-refractivity contribution in [2.75, 3.05) is 4.90 Å². The van der Waals surface area contributed by atoms with E-state index in [-0.39, 0.29) is 0 Å². The van der Waals surface area contributed by atoms with Gasteiger partial charge in [0.25, 0.3) is 0 Å². The molecule has 8 aromatic carbocycles. The van der Waals surface area contributed by atoms with Crippen LogP contribution in [0.4, 0.5) is 17.1 Å². The van der Waals surface area contributed by atoms with Crippen LogP contribution in [0.1, 0.15) is 0 Å². The summed E-state index contributed by atoms with van der Waals surface area (Å²) in [6.45, 7) is 0. The van der Waals surface area contributed by atoms with E-state index in [1.54, 1.807) is 0 Å². The molecule has 0 N–H and O–H groups in total. The second-order valence-corrected chi connectivity index (χ2v) is 12.9. The minimum Gasteiger partial charge on any atom is -0.456 e. The zero-order valence-electron chi connectivity index (χ0n) is 27.8. The van der Waals surface area contributed by atoms with E-state index < -0.39 is 0 Å². The number of anilines is 3. The molecular formula is C48H32N2O. The first kappa shape index (κ1) is 29.1. The monoisotopic (exact) mass is 652 g/mol. The van der Waals surface area contributed by atoms with E-state index in [0.717, 1.165) is 55.7 Å². The summed E-state index contributed by atoms with van der Waals surface area (Å²) >= 11 is 0. The van der Waals surface area contributed by atoms with E-state index in [1.165, 1.54) is 33.0 Å². The van der Waals surface area contributed by atoms with E-state index >= 15 is 0 Å². The molecule has 0 unspecified atom stereocenters. The highest BCUT2D eigenvalue weighted by molar-refractivity contribution is 6.19. The molecule has 2 aromatic heterocycles. The lowest BCUT2D eigenvalue weighted by molar-refractivity contribution is 0.669. The van der Waals surface area contributed by atoms with Gasteiger partial charge in [-0.1, -0.05) is 133 Å². The van der Waals surface area contributed by atoms with E-state index in [0.29, 0.717) is 0 Å². The lowest BCUT2D eigenvalue weighted by atomic mass is 9.99. The maximum atomic E-state index is 6.45. The Bertz CT molecular complexity index is 2830. The van der Waals surface area contributed by atoms with Gasteiger partial charge in [0, 0.05) is 44.7 Å². The fraction of sp³-hybridized carbons (Fsp3) is 0. The predicted molar refractivity (Wildman–Crippen MR) is 214 cm³/mol. The van der Waals surface area contributed by atoms with Crippen LogP contribution in [0.15, 0.2) is 199 Å². The minimum atomic E-state index is 0.863.